The van der Waals surface area contributed by atoms with Gasteiger partial charge in [-0.2, -0.15) is 0 Å². The molecule has 0 saturated carbocycles. The highest BCUT2D eigenvalue weighted by molar-refractivity contribution is 8.14. The molecule has 25 heavy (non-hydrogen) atoms. The molecule has 0 aromatic heterocycles. The summed E-state index contributed by atoms with van der Waals surface area (Å²) in [6, 6.07) is 2.46. The van der Waals surface area contributed by atoms with Crippen LogP contribution in [-0.4, -0.2) is 42.4 Å². The molecule has 3 N–H and O–H groups in total. The average molecular weight is 422 g/mol. The first-order chi connectivity index (χ1) is 11.6. The molecule has 1 aliphatic heterocycles. The molecular formula is C15H17Cl2N3O3S2. The third-order valence-corrected chi connectivity index (χ3v) is 6.35. The van der Waals surface area contributed by atoms with Gasteiger partial charge in [0.05, 0.1) is 22.3 Å². The SMILES string of the molecule is C=CCN=C1SCC(O)(c2cc(S(N)(=O)=O)c(Cl)cc2Cl)N1CC=C. The largest absolute Gasteiger partial charge is 0.366 e. The van der Waals surface area contributed by atoms with Crippen LogP contribution < -0.4 is 5.14 Å². The molecule has 1 aromatic rings. The fourth-order valence-electron chi connectivity index (χ4n) is 2.39. The molecule has 1 saturated heterocycles. The summed E-state index contributed by atoms with van der Waals surface area (Å²) in [6.45, 7) is 7.96. The maximum Gasteiger partial charge on any atom is 0.239 e. The highest BCUT2D eigenvalue weighted by atomic mass is 35.5. The number of nitrogens with two attached hydrogens (primary N) is 1. The van der Waals surface area contributed by atoms with Crippen molar-refractivity contribution >= 4 is 50.2 Å². The van der Waals surface area contributed by atoms with Crippen molar-refractivity contribution in [1.82, 2.24) is 4.90 Å². The first-order valence-corrected chi connectivity index (χ1v) is 10.3. The normalized spacial score (nSPS) is 22.4. The maximum absolute atomic E-state index is 11.7. The number of benzene rings is 1. The average Bonchev–Trinajstić information content (AvgIpc) is 2.82. The minimum Gasteiger partial charge on any atom is -0.366 e. The smallest absolute Gasteiger partial charge is 0.239 e. The summed E-state index contributed by atoms with van der Waals surface area (Å²) in [4.78, 5) is 5.64. The predicted octanol–water partition coefficient (Wildman–Crippen LogP) is 2.56. The number of halogens is 2. The summed E-state index contributed by atoms with van der Waals surface area (Å²) in [5.41, 5.74) is -1.40. The van der Waals surface area contributed by atoms with Gasteiger partial charge in [0.2, 0.25) is 10.0 Å². The number of rotatable bonds is 6. The Kier molecular flexibility index (Phi) is 6.24. The molecule has 0 aliphatic carbocycles. The molecule has 0 bridgehead atoms. The fraction of sp³-hybridized carbons (Fsp3) is 0.267. The van der Waals surface area contributed by atoms with Gasteiger partial charge in [0, 0.05) is 12.1 Å². The Morgan fingerprint density at radius 1 is 1.36 bits per heavy atom. The molecule has 1 aliphatic rings. The van der Waals surface area contributed by atoms with E-state index in [4.69, 9.17) is 28.3 Å². The molecule has 0 spiro atoms. The molecule has 10 heteroatoms. The molecule has 6 nitrogen and oxygen atoms in total. The predicted molar refractivity (Wildman–Crippen MR) is 104 cm³/mol. The molecule has 1 atom stereocenters. The van der Waals surface area contributed by atoms with Gasteiger partial charge in [-0.1, -0.05) is 47.1 Å². The summed E-state index contributed by atoms with van der Waals surface area (Å²) in [5, 5.41) is 17.1. The van der Waals surface area contributed by atoms with Crippen LogP contribution in [0.3, 0.4) is 0 Å². The van der Waals surface area contributed by atoms with Crippen LogP contribution in [0.2, 0.25) is 10.0 Å². The van der Waals surface area contributed by atoms with Gasteiger partial charge in [0.15, 0.2) is 10.9 Å². The minimum atomic E-state index is -4.08. The van der Waals surface area contributed by atoms with E-state index in [-0.39, 0.29) is 32.8 Å². The Hall–Kier alpha value is -1.03. The second-order valence-corrected chi connectivity index (χ2v) is 8.51. The van der Waals surface area contributed by atoms with Gasteiger partial charge in [-0.25, -0.2) is 13.6 Å². The zero-order valence-corrected chi connectivity index (χ0v) is 16.3. The fourth-order valence-corrected chi connectivity index (χ4v) is 5.05. The summed E-state index contributed by atoms with van der Waals surface area (Å²) in [7, 11) is -4.08. The summed E-state index contributed by atoms with van der Waals surface area (Å²) in [6.07, 6.45) is 3.23. The van der Waals surface area contributed by atoms with Gasteiger partial charge in [-0.3, -0.25) is 4.99 Å². The van der Waals surface area contributed by atoms with Crippen LogP contribution in [0.4, 0.5) is 0 Å². The van der Waals surface area contributed by atoms with Crippen molar-refractivity contribution in [2.45, 2.75) is 10.6 Å². The van der Waals surface area contributed by atoms with Crippen LogP contribution >= 0.6 is 35.0 Å². The van der Waals surface area contributed by atoms with E-state index in [1.807, 2.05) is 0 Å². The number of thioether (sulfide) groups is 1. The number of nitrogens with zero attached hydrogens (tertiary/aromatic N) is 2. The van der Waals surface area contributed by atoms with Gasteiger partial charge in [0.1, 0.15) is 4.90 Å². The third-order valence-electron chi connectivity index (χ3n) is 3.51. The quantitative estimate of drug-likeness (QED) is 0.687. The van der Waals surface area contributed by atoms with Gasteiger partial charge < -0.3 is 10.0 Å². The van der Waals surface area contributed by atoms with E-state index >= 15 is 0 Å². The highest BCUT2D eigenvalue weighted by Crippen LogP contribution is 2.43. The first-order valence-electron chi connectivity index (χ1n) is 7.06. The first kappa shape index (κ1) is 20.3. The second-order valence-electron chi connectivity index (χ2n) is 5.22. The van der Waals surface area contributed by atoms with Gasteiger partial charge in [-0.15, -0.1) is 13.2 Å². The molecule has 1 fully saturated rings. The number of hydrogen-bond acceptors (Lipinski definition) is 5. The van der Waals surface area contributed by atoms with Crippen molar-refractivity contribution in [3.05, 3.63) is 53.1 Å². The Bertz CT molecular complexity index is 843. The topological polar surface area (TPSA) is 96.0 Å². The van der Waals surface area contributed by atoms with E-state index in [0.29, 0.717) is 11.7 Å². The zero-order valence-electron chi connectivity index (χ0n) is 13.2. The van der Waals surface area contributed by atoms with E-state index in [1.165, 1.54) is 23.9 Å². The molecule has 1 aromatic carbocycles. The second kappa shape index (κ2) is 7.69. The van der Waals surface area contributed by atoms with Gasteiger partial charge >= 0.3 is 0 Å². The number of sulfonamides is 1. The van der Waals surface area contributed by atoms with Gasteiger partial charge in [0.25, 0.3) is 0 Å². The lowest BCUT2D eigenvalue weighted by atomic mass is 10.0. The van der Waals surface area contributed by atoms with E-state index in [0.717, 1.165) is 0 Å². The molecule has 0 radical (unpaired) electrons. The van der Waals surface area contributed by atoms with E-state index in [2.05, 4.69) is 18.2 Å². The van der Waals surface area contributed by atoms with Crippen molar-refractivity contribution < 1.29 is 13.5 Å². The lowest BCUT2D eigenvalue weighted by Crippen LogP contribution is -2.45. The van der Waals surface area contributed by atoms with Crippen LogP contribution in [0.25, 0.3) is 0 Å². The highest BCUT2D eigenvalue weighted by Gasteiger charge is 2.46. The molecule has 136 valence electrons. The third kappa shape index (κ3) is 4.05. The van der Waals surface area contributed by atoms with Crippen molar-refractivity contribution in [2.75, 3.05) is 18.8 Å². The number of hydrogen-bond donors (Lipinski definition) is 2. The Labute approximate surface area is 161 Å². The van der Waals surface area contributed by atoms with Crippen molar-refractivity contribution in [3.8, 4) is 0 Å². The molecule has 0 amide bonds. The van der Waals surface area contributed by atoms with Crippen LogP contribution in [0.5, 0.6) is 0 Å². The Morgan fingerprint density at radius 2 is 2.04 bits per heavy atom. The number of aliphatic hydroxyl groups is 1. The number of primary sulfonamides is 1. The number of amidine groups is 1. The Morgan fingerprint density at radius 3 is 2.60 bits per heavy atom. The lowest BCUT2D eigenvalue weighted by Gasteiger charge is -2.34. The van der Waals surface area contributed by atoms with Gasteiger partial charge in [-0.05, 0) is 12.1 Å². The van der Waals surface area contributed by atoms with Crippen molar-refractivity contribution in [1.29, 1.82) is 0 Å². The van der Waals surface area contributed by atoms with E-state index in [9.17, 15) is 13.5 Å². The standard InChI is InChI=1S/C15H17Cl2N3O3S2/c1-3-5-19-14-20(6-4-2)15(21,9-24-14)10-7-13(25(18,22)23)12(17)8-11(10)16/h3-4,7-8,21H,1-2,5-6,9H2,(H2,18,22,23). The minimum absolute atomic E-state index is 0.110. The lowest BCUT2D eigenvalue weighted by molar-refractivity contribution is -0.0423. The molecule has 1 heterocycles. The summed E-state index contributed by atoms with van der Waals surface area (Å²) < 4.78 is 23.5. The van der Waals surface area contributed by atoms with Crippen molar-refractivity contribution in [3.63, 3.8) is 0 Å². The monoisotopic (exact) mass is 421 g/mol. The maximum atomic E-state index is 11.7. The Balaban J connectivity index is 2.62. The van der Waals surface area contributed by atoms with Crippen LogP contribution in [0, 0.1) is 0 Å². The van der Waals surface area contributed by atoms with Crippen LogP contribution in [0.1, 0.15) is 5.56 Å². The van der Waals surface area contributed by atoms with E-state index in [1.54, 1.807) is 17.1 Å². The molecule has 2 rings (SSSR count). The van der Waals surface area contributed by atoms with Crippen molar-refractivity contribution in [2.24, 2.45) is 10.1 Å². The van der Waals surface area contributed by atoms with E-state index < -0.39 is 15.7 Å². The molecular weight excluding hydrogens is 405 g/mol. The zero-order chi connectivity index (χ0) is 18.8. The van der Waals surface area contributed by atoms with Crippen LogP contribution in [-0.2, 0) is 15.7 Å². The number of aliphatic imine (C=N–C) groups is 1. The summed E-state index contributed by atoms with van der Waals surface area (Å²) >= 11 is 13.5. The van der Waals surface area contributed by atoms with Crippen LogP contribution in [0.15, 0.2) is 47.3 Å². The molecule has 1 unspecified atom stereocenters. The summed E-state index contributed by atoms with van der Waals surface area (Å²) in [5.74, 6) is 0.197.